The maximum atomic E-state index is 11.1. The van der Waals surface area contributed by atoms with E-state index in [2.05, 4.69) is 4.90 Å². The Morgan fingerprint density at radius 1 is 1.08 bits per heavy atom. The molecule has 0 aromatic rings. The monoisotopic (exact) mass is 181 g/mol. The maximum absolute atomic E-state index is 11.1. The van der Waals surface area contributed by atoms with Crippen molar-refractivity contribution in [3.8, 4) is 0 Å². The lowest BCUT2D eigenvalue weighted by molar-refractivity contribution is -0.116. The lowest BCUT2D eigenvalue weighted by Gasteiger charge is -2.27. The number of likely N-dealkylation sites (tertiary alicyclic amines) is 1. The first-order chi connectivity index (χ1) is 6.35. The molecule has 2 fully saturated rings. The van der Waals surface area contributed by atoms with E-state index >= 15 is 0 Å². The van der Waals surface area contributed by atoms with Crippen LogP contribution >= 0.6 is 0 Å². The highest BCUT2D eigenvalue weighted by molar-refractivity contribution is 5.60. The number of hydrogen-bond acceptors (Lipinski definition) is 2. The number of nitrogens with zero attached hydrogens (tertiary/aromatic N) is 1. The minimum absolute atomic E-state index is 0.0460. The summed E-state index contributed by atoms with van der Waals surface area (Å²) in [5.74, 6) is 0. The van der Waals surface area contributed by atoms with Crippen LogP contribution in [0.4, 0.5) is 0 Å². The molecule has 2 rings (SSSR count). The average molecular weight is 181 g/mol. The van der Waals surface area contributed by atoms with Crippen molar-refractivity contribution in [2.45, 2.75) is 38.5 Å². The fourth-order valence-electron chi connectivity index (χ4n) is 2.78. The number of carbonyl (C=O) groups excluding carboxylic acids is 1. The fourth-order valence-corrected chi connectivity index (χ4v) is 2.78. The minimum atomic E-state index is 0.0460. The fraction of sp³-hybridized carbons (Fsp3) is 0.909. The molecular formula is C11H19NO. The van der Waals surface area contributed by atoms with E-state index in [1.807, 2.05) is 0 Å². The second-order valence-corrected chi connectivity index (χ2v) is 4.67. The molecule has 0 bridgehead atoms. The second kappa shape index (κ2) is 3.79. The standard InChI is InChI=1S/C11H19NO/c13-10-11(5-1-2-6-11)9-12-7-3-4-8-12/h10H,1-9H2. The molecule has 0 unspecified atom stereocenters. The van der Waals surface area contributed by atoms with Gasteiger partial charge in [-0.1, -0.05) is 12.8 Å². The minimum Gasteiger partial charge on any atom is -0.303 e. The molecule has 1 aliphatic heterocycles. The van der Waals surface area contributed by atoms with Crippen molar-refractivity contribution < 1.29 is 4.79 Å². The largest absolute Gasteiger partial charge is 0.303 e. The Kier molecular flexibility index (Phi) is 2.68. The highest BCUT2D eigenvalue weighted by Crippen LogP contribution is 2.37. The van der Waals surface area contributed by atoms with Crippen molar-refractivity contribution in [1.29, 1.82) is 0 Å². The van der Waals surface area contributed by atoms with Gasteiger partial charge in [-0.2, -0.15) is 0 Å². The lowest BCUT2D eigenvalue weighted by Crippen LogP contribution is -2.35. The molecule has 1 saturated heterocycles. The van der Waals surface area contributed by atoms with Crippen molar-refractivity contribution in [1.82, 2.24) is 4.90 Å². The Morgan fingerprint density at radius 3 is 2.23 bits per heavy atom. The van der Waals surface area contributed by atoms with Gasteiger partial charge in [0.2, 0.25) is 0 Å². The van der Waals surface area contributed by atoms with Gasteiger partial charge in [-0.25, -0.2) is 0 Å². The van der Waals surface area contributed by atoms with Crippen LogP contribution in [0.2, 0.25) is 0 Å². The maximum Gasteiger partial charge on any atom is 0.127 e. The number of aldehydes is 1. The molecule has 0 spiro atoms. The zero-order valence-electron chi connectivity index (χ0n) is 8.30. The summed E-state index contributed by atoms with van der Waals surface area (Å²) in [7, 11) is 0. The molecule has 2 nitrogen and oxygen atoms in total. The zero-order chi connectivity index (χ0) is 9.15. The molecular weight excluding hydrogens is 162 g/mol. The highest BCUT2D eigenvalue weighted by atomic mass is 16.1. The van der Waals surface area contributed by atoms with Gasteiger partial charge < -0.3 is 9.69 Å². The highest BCUT2D eigenvalue weighted by Gasteiger charge is 2.35. The summed E-state index contributed by atoms with van der Waals surface area (Å²) in [6.45, 7) is 3.47. The molecule has 0 radical (unpaired) electrons. The predicted octanol–water partition coefficient (Wildman–Crippen LogP) is 1.84. The van der Waals surface area contributed by atoms with Gasteiger partial charge in [0.15, 0.2) is 0 Å². The van der Waals surface area contributed by atoms with Gasteiger partial charge in [0.05, 0.1) is 0 Å². The normalized spacial score (nSPS) is 28.0. The molecule has 1 aliphatic carbocycles. The predicted molar refractivity (Wildman–Crippen MR) is 52.6 cm³/mol. The molecule has 74 valence electrons. The quantitative estimate of drug-likeness (QED) is 0.619. The van der Waals surface area contributed by atoms with Crippen molar-refractivity contribution in [2.24, 2.45) is 5.41 Å². The van der Waals surface area contributed by atoms with Gasteiger partial charge >= 0.3 is 0 Å². The van der Waals surface area contributed by atoms with Gasteiger partial charge in [0.25, 0.3) is 0 Å². The van der Waals surface area contributed by atoms with E-state index in [0.717, 1.165) is 19.4 Å². The first kappa shape index (κ1) is 9.20. The summed E-state index contributed by atoms with van der Waals surface area (Å²) in [5, 5.41) is 0. The molecule has 1 heterocycles. The molecule has 0 atom stereocenters. The van der Waals surface area contributed by atoms with E-state index in [9.17, 15) is 4.79 Å². The van der Waals surface area contributed by atoms with Crippen LogP contribution in [0.25, 0.3) is 0 Å². The Labute approximate surface area is 80.3 Å². The molecule has 2 heteroatoms. The van der Waals surface area contributed by atoms with Gasteiger partial charge in [-0.15, -0.1) is 0 Å². The second-order valence-electron chi connectivity index (χ2n) is 4.67. The van der Waals surface area contributed by atoms with Crippen LogP contribution in [-0.2, 0) is 4.79 Å². The number of rotatable bonds is 3. The molecule has 2 aliphatic rings. The third-order valence-corrected chi connectivity index (χ3v) is 3.59. The van der Waals surface area contributed by atoms with Crippen molar-refractivity contribution in [2.75, 3.05) is 19.6 Å². The van der Waals surface area contributed by atoms with E-state index in [4.69, 9.17) is 0 Å². The van der Waals surface area contributed by atoms with Crippen LogP contribution in [0.3, 0.4) is 0 Å². The van der Waals surface area contributed by atoms with Crippen LogP contribution in [0, 0.1) is 5.41 Å². The third-order valence-electron chi connectivity index (χ3n) is 3.59. The molecule has 13 heavy (non-hydrogen) atoms. The smallest absolute Gasteiger partial charge is 0.127 e. The summed E-state index contributed by atoms with van der Waals surface area (Å²) in [6.07, 6.45) is 8.67. The topological polar surface area (TPSA) is 20.3 Å². The van der Waals surface area contributed by atoms with E-state index in [0.29, 0.717) is 0 Å². The molecule has 0 N–H and O–H groups in total. The lowest BCUT2D eigenvalue weighted by atomic mass is 9.87. The van der Waals surface area contributed by atoms with Crippen molar-refractivity contribution in [3.05, 3.63) is 0 Å². The van der Waals surface area contributed by atoms with Gasteiger partial charge in [-0.3, -0.25) is 0 Å². The average Bonchev–Trinajstić information content (AvgIpc) is 2.77. The third kappa shape index (κ3) is 1.93. The van der Waals surface area contributed by atoms with Crippen LogP contribution in [0.1, 0.15) is 38.5 Å². The Hall–Kier alpha value is -0.370. The molecule has 1 saturated carbocycles. The van der Waals surface area contributed by atoms with Gasteiger partial charge in [0.1, 0.15) is 6.29 Å². The van der Waals surface area contributed by atoms with Crippen LogP contribution in [0.15, 0.2) is 0 Å². The molecule has 0 amide bonds. The van der Waals surface area contributed by atoms with Crippen LogP contribution < -0.4 is 0 Å². The van der Waals surface area contributed by atoms with E-state index in [1.54, 1.807) is 0 Å². The SMILES string of the molecule is O=CC1(CN2CCCC2)CCCC1. The first-order valence-electron chi connectivity index (χ1n) is 5.53. The number of carbonyl (C=O) groups is 1. The van der Waals surface area contributed by atoms with Crippen LogP contribution in [0.5, 0.6) is 0 Å². The molecule has 0 aromatic heterocycles. The Balaban J connectivity index is 1.92. The first-order valence-corrected chi connectivity index (χ1v) is 5.53. The summed E-state index contributed by atoms with van der Waals surface area (Å²) >= 11 is 0. The van der Waals surface area contributed by atoms with Crippen molar-refractivity contribution >= 4 is 6.29 Å². The summed E-state index contributed by atoms with van der Waals surface area (Å²) in [6, 6.07) is 0. The van der Waals surface area contributed by atoms with Gasteiger partial charge in [0, 0.05) is 12.0 Å². The van der Waals surface area contributed by atoms with Crippen molar-refractivity contribution in [3.63, 3.8) is 0 Å². The van der Waals surface area contributed by atoms with E-state index in [1.165, 1.54) is 45.1 Å². The van der Waals surface area contributed by atoms with E-state index in [-0.39, 0.29) is 5.41 Å². The van der Waals surface area contributed by atoms with E-state index < -0.39 is 0 Å². The summed E-state index contributed by atoms with van der Waals surface area (Å²) in [5.41, 5.74) is 0.0460. The molecule has 0 aromatic carbocycles. The van der Waals surface area contributed by atoms with Crippen LogP contribution in [-0.4, -0.2) is 30.8 Å². The Morgan fingerprint density at radius 2 is 1.69 bits per heavy atom. The summed E-state index contributed by atoms with van der Waals surface area (Å²) in [4.78, 5) is 13.6. The zero-order valence-corrected chi connectivity index (χ0v) is 8.30. The van der Waals surface area contributed by atoms with Gasteiger partial charge in [-0.05, 0) is 38.8 Å². The Bertz CT molecular complexity index is 179. The summed E-state index contributed by atoms with van der Waals surface area (Å²) < 4.78 is 0. The number of hydrogen-bond donors (Lipinski definition) is 0.